The van der Waals surface area contributed by atoms with E-state index >= 15 is 0 Å². The Morgan fingerprint density at radius 2 is 1.67 bits per heavy atom. The second kappa shape index (κ2) is 9.09. The molecule has 0 aliphatic carbocycles. The van der Waals surface area contributed by atoms with Crippen LogP contribution in [-0.2, 0) is 20.9 Å². The van der Waals surface area contributed by atoms with Crippen molar-refractivity contribution in [1.29, 1.82) is 0 Å². The summed E-state index contributed by atoms with van der Waals surface area (Å²) in [5, 5.41) is 2.83. The van der Waals surface area contributed by atoms with Crippen molar-refractivity contribution in [3.05, 3.63) is 71.8 Å². The summed E-state index contributed by atoms with van der Waals surface area (Å²) < 4.78 is 4.87. The van der Waals surface area contributed by atoms with E-state index in [-0.39, 0.29) is 5.91 Å². The van der Waals surface area contributed by atoms with Gasteiger partial charge in [-0.2, -0.15) is 0 Å². The molecule has 0 radical (unpaired) electrons. The SMILES string of the molecule is COC(=O)[C@H]1C(=O)NC(N2CCN(Cc3ccccc3)CC2)=N[C@H]1c1ccccc1. The van der Waals surface area contributed by atoms with E-state index in [1.54, 1.807) is 0 Å². The molecule has 2 atom stereocenters. The fourth-order valence-corrected chi connectivity index (χ4v) is 3.97. The molecule has 2 aromatic carbocycles. The van der Waals surface area contributed by atoms with Crippen LogP contribution in [0, 0.1) is 5.92 Å². The Bertz CT molecular complexity index is 909. The Morgan fingerprint density at radius 3 is 2.30 bits per heavy atom. The van der Waals surface area contributed by atoms with Crippen LogP contribution in [-0.4, -0.2) is 60.9 Å². The van der Waals surface area contributed by atoms with Gasteiger partial charge in [0.25, 0.3) is 0 Å². The predicted octanol–water partition coefficient (Wildman–Crippen LogP) is 1.82. The third-order valence-electron chi connectivity index (χ3n) is 5.61. The van der Waals surface area contributed by atoms with Crippen LogP contribution in [0.2, 0.25) is 0 Å². The molecule has 4 rings (SSSR count). The number of aliphatic imine (C=N–C) groups is 1. The summed E-state index contributed by atoms with van der Waals surface area (Å²) in [6.07, 6.45) is 0. The summed E-state index contributed by atoms with van der Waals surface area (Å²) in [6, 6.07) is 19.2. The first kappa shape index (κ1) is 20.1. The summed E-state index contributed by atoms with van der Waals surface area (Å²) >= 11 is 0. The Balaban J connectivity index is 1.49. The van der Waals surface area contributed by atoms with E-state index in [9.17, 15) is 9.59 Å². The van der Waals surface area contributed by atoms with E-state index < -0.39 is 17.9 Å². The monoisotopic (exact) mass is 406 g/mol. The highest BCUT2D eigenvalue weighted by molar-refractivity contribution is 6.08. The van der Waals surface area contributed by atoms with Crippen LogP contribution in [0.3, 0.4) is 0 Å². The van der Waals surface area contributed by atoms with Gasteiger partial charge in [0.1, 0.15) is 6.04 Å². The van der Waals surface area contributed by atoms with Crippen LogP contribution in [0.5, 0.6) is 0 Å². The normalized spacial score (nSPS) is 22.2. The molecule has 1 N–H and O–H groups in total. The van der Waals surface area contributed by atoms with Gasteiger partial charge in [0.05, 0.1) is 7.11 Å². The molecule has 0 bridgehead atoms. The molecule has 1 fully saturated rings. The second-order valence-electron chi connectivity index (χ2n) is 7.55. The number of carbonyl (C=O) groups excluding carboxylic acids is 2. The summed E-state index contributed by atoms with van der Waals surface area (Å²) in [7, 11) is 1.29. The zero-order valence-corrected chi connectivity index (χ0v) is 17.0. The average Bonchev–Trinajstić information content (AvgIpc) is 2.80. The average molecular weight is 406 g/mol. The molecule has 0 unspecified atom stereocenters. The molecule has 2 heterocycles. The molecule has 0 spiro atoms. The highest BCUT2D eigenvalue weighted by Gasteiger charge is 2.41. The van der Waals surface area contributed by atoms with Gasteiger partial charge in [-0.05, 0) is 11.1 Å². The van der Waals surface area contributed by atoms with E-state index in [0.717, 1.165) is 38.3 Å². The number of esters is 1. The lowest BCUT2D eigenvalue weighted by Gasteiger charge is -2.39. The molecule has 156 valence electrons. The molecule has 2 aliphatic heterocycles. The Hall–Kier alpha value is -3.19. The molecular formula is C23H26N4O3. The molecule has 7 heteroatoms. The lowest BCUT2D eigenvalue weighted by molar-refractivity contribution is -0.151. The first-order valence-corrected chi connectivity index (χ1v) is 10.2. The maximum Gasteiger partial charge on any atom is 0.320 e. The third-order valence-corrected chi connectivity index (χ3v) is 5.61. The minimum absolute atomic E-state index is 0.368. The molecule has 2 aliphatic rings. The van der Waals surface area contributed by atoms with Crippen molar-refractivity contribution in [2.45, 2.75) is 12.6 Å². The minimum Gasteiger partial charge on any atom is -0.468 e. The number of hydrogen-bond donors (Lipinski definition) is 1. The van der Waals surface area contributed by atoms with E-state index in [4.69, 9.17) is 9.73 Å². The van der Waals surface area contributed by atoms with E-state index in [0.29, 0.717) is 5.96 Å². The number of ether oxygens (including phenoxy) is 1. The fraction of sp³-hybridized carbons (Fsp3) is 0.348. The number of piperazine rings is 1. The standard InChI is InChI=1S/C23H26N4O3/c1-30-22(29)19-20(18-10-6-3-7-11-18)24-23(25-21(19)28)27-14-12-26(13-15-27)16-17-8-4-2-5-9-17/h2-11,19-20H,12-16H2,1H3,(H,24,25,28)/t19-,20+/m1/s1. The zero-order valence-electron chi connectivity index (χ0n) is 17.0. The van der Waals surface area contributed by atoms with Crippen molar-refractivity contribution >= 4 is 17.8 Å². The maximum atomic E-state index is 12.8. The predicted molar refractivity (Wildman–Crippen MR) is 114 cm³/mol. The number of guanidine groups is 1. The third kappa shape index (κ3) is 4.36. The minimum atomic E-state index is -0.986. The molecule has 30 heavy (non-hydrogen) atoms. The number of nitrogens with one attached hydrogen (secondary N) is 1. The van der Waals surface area contributed by atoms with Gasteiger partial charge in [0.15, 0.2) is 5.92 Å². The quantitative estimate of drug-likeness (QED) is 0.619. The summed E-state index contributed by atoms with van der Waals surface area (Å²) in [6.45, 7) is 4.18. The summed E-state index contributed by atoms with van der Waals surface area (Å²) in [5.74, 6) is -1.39. The molecule has 1 amide bonds. The fourth-order valence-electron chi connectivity index (χ4n) is 3.97. The summed E-state index contributed by atoms with van der Waals surface area (Å²) in [4.78, 5) is 34.3. The number of carbonyl (C=O) groups is 2. The van der Waals surface area contributed by atoms with Gasteiger partial charge in [0.2, 0.25) is 11.9 Å². The van der Waals surface area contributed by atoms with Gasteiger partial charge in [-0.25, -0.2) is 4.99 Å². The highest BCUT2D eigenvalue weighted by atomic mass is 16.5. The first-order valence-electron chi connectivity index (χ1n) is 10.2. The van der Waals surface area contributed by atoms with Crippen LogP contribution in [0.4, 0.5) is 0 Å². The van der Waals surface area contributed by atoms with Crippen molar-refractivity contribution in [2.24, 2.45) is 10.9 Å². The van der Waals surface area contributed by atoms with Crippen molar-refractivity contribution in [3.8, 4) is 0 Å². The van der Waals surface area contributed by atoms with Crippen LogP contribution < -0.4 is 5.32 Å². The van der Waals surface area contributed by atoms with Crippen molar-refractivity contribution in [1.82, 2.24) is 15.1 Å². The lowest BCUT2D eigenvalue weighted by Crippen LogP contribution is -2.57. The molecule has 7 nitrogen and oxygen atoms in total. The number of amides is 1. The van der Waals surface area contributed by atoms with Crippen LogP contribution in [0.1, 0.15) is 17.2 Å². The molecule has 2 aromatic rings. The van der Waals surface area contributed by atoms with Crippen molar-refractivity contribution < 1.29 is 14.3 Å². The van der Waals surface area contributed by atoms with Gasteiger partial charge < -0.3 is 9.64 Å². The number of hydrogen-bond acceptors (Lipinski definition) is 6. The van der Waals surface area contributed by atoms with Crippen LogP contribution >= 0.6 is 0 Å². The van der Waals surface area contributed by atoms with Crippen LogP contribution in [0.15, 0.2) is 65.7 Å². The van der Waals surface area contributed by atoms with Crippen molar-refractivity contribution in [3.63, 3.8) is 0 Å². The number of nitrogens with zero attached hydrogens (tertiary/aromatic N) is 3. The zero-order chi connectivity index (χ0) is 20.9. The van der Waals surface area contributed by atoms with E-state index in [1.807, 2.05) is 36.4 Å². The number of benzene rings is 2. The molecular weight excluding hydrogens is 380 g/mol. The highest BCUT2D eigenvalue weighted by Crippen LogP contribution is 2.30. The first-order chi connectivity index (χ1) is 14.7. The largest absolute Gasteiger partial charge is 0.468 e. The van der Waals surface area contributed by atoms with Crippen molar-refractivity contribution in [2.75, 3.05) is 33.3 Å². The Morgan fingerprint density at radius 1 is 1.03 bits per heavy atom. The molecule has 1 saturated heterocycles. The van der Waals surface area contributed by atoms with Crippen LogP contribution in [0.25, 0.3) is 0 Å². The Labute approximate surface area is 176 Å². The molecule has 0 aromatic heterocycles. The van der Waals surface area contributed by atoms with Gasteiger partial charge in [-0.3, -0.25) is 19.8 Å². The topological polar surface area (TPSA) is 74.2 Å². The lowest BCUT2D eigenvalue weighted by atomic mass is 9.91. The number of rotatable bonds is 4. The number of methoxy groups -OCH3 is 1. The van der Waals surface area contributed by atoms with Gasteiger partial charge >= 0.3 is 5.97 Å². The smallest absolute Gasteiger partial charge is 0.320 e. The Kier molecular flexibility index (Phi) is 6.09. The second-order valence-corrected chi connectivity index (χ2v) is 7.55. The molecule has 0 saturated carbocycles. The van der Waals surface area contributed by atoms with Gasteiger partial charge in [0, 0.05) is 32.7 Å². The maximum absolute atomic E-state index is 12.8. The van der Waals surface area contributed by atoms with Gasteiger partial charge in [-0.15, -0.1) is 0 Å². The van der Waals surface area contributed by atoms with E-state index in [1.165, 1.54) is 12.7 Å². The van der Waals surface area contributed by atoms with E-state index in [2.05, 4.69) is 39.4 Å². The van der Waals surface area contributed by atoms with Gasteiger partial charge in [-0.1, -0.05) is 60.7 Å². The summed E-state index contributed by atoms with van der Waals surface area (Å²) in [5.41, 5.74) is 2.11.